The van der Waals surface area contributed by atoms with Gasteiger partial charge in [0.2, 0.25) is 5.88 Å². The maximum atomic E-state index is 11.1. The highest BCUT2D eigenvalue weighted by Crippen LogP contribution is 2.26. The molecule has 0 aliphatic heterocycles. The number of aromatic nitrogens is 2. The summed E-state index contributed by atoms with van der Waals surface area (Å²) in [5.41, 5.74) is 1.24. The van der Waals surface area contributed by atoms with Crippen molar-refractivity contribution >= 4 is 5.97 Å². The van der Waals surface area contributed by atoms with Crippen LogP contribution in [-0.4, -0.2) is 28.2 Å². The van der Waals surface area contributed by atoms with Crippen LogP contribution in [-0.2, 0) is 4.79 Å². The van der Waals surface area contributed by atoms with Crippen molar-refractivity contribution < 1.29 is 14.6 Å². The van der Waals surface area contributed by atoms with Crippen molar-refractivity contribution in [1.82, 2.24) is 9.97 Å². The molecule has 1 aromatic heterocycles. The standard InChI is InChI=1S/C11H16N2O3/c1-4-5-8(11(14)15)9-7(2)10(16-3)13-6-12-9/h6,8H,4-5H2,1-3H3,(H,14,15). The lowest BCUT2D eigenvalue weighted by atomic mass is 9.97. The Bertz CT molecular complexity index is 379. The molecule has 1 N–H and O–H groups in total. The Kier molecular flexibility index (Phi) is 4.22. The highest BCUT2D eigenvalue weighted by molar-refractivity contribution is 5.76. The van der Waals surface area contributed by atoms with Gasteiger partial charge in [-0.1, -0.05) is 13.3 Å². The van der Waals surface area contributed by atoms with E-state index in [1.807, 2.05) is 6.92 Å². The Morgan fingerprint density at radius 3 is 2.75 bits per heavy atom. The van der Waals surface area contributed by atoms with E-state index in [1.54, 1.807) is 6.92 Å². The number of rotatable bonds is 5. The molecule has 0 fully saturated rings. The van der Waals surface area contributed by atoms with Crippen LogP contribution in [0, 0.1) is 6.92 Å². The quantitative estimate of drug-likeness (QED) is 0.825. The van der Waals surface area contributed by atoms with Crippen LogP contribution in [0.25, 0.3) is 0 Å². The first-order chi connectivity index (χ1) is 7.61. The smallest absolute Gasteiger partial charge is 0.312 e. The van der Waals surface area contributed by atoms with Gasteiger partial charge in [-0.2, -0.15) is 0 Å². The van der Waals surface area contributed by atoms with Crippen molar-refractivity contribution in [2.75, 3.05) is 7.11 Å². The summed E-state index contributed by atoms with van der Waals surface area (Å²) < 4.78 is 5.05. The van der Waals surface area contributed by atoms with Gasteiger partial charge in [0.05, 0.1) is 18.7 Å². The third-order valence-corrected chi connectivity index (χ3v) is 2.48. The van der Waals surface area contributed by atoms with Crippen molar-refractivity contribution in [2.24, 2.45) is 0 Å². The van der Waals surface area contributed by atoms with Crippen LogP contribution in [0.4, 0.5) is 0 Å². The monoisotopic (exact) mass is 224 g/mol. The van der Waals surface area contributed by atoms with Crippen molar-refractivity contribution in [2.45, 2.75) is 32.6 Å². The Hall–Kier alpha value is -1.65. The van der Waals surface area contributed by atoms with Gasteiger partial charge >= 0.3 is 5.97 Å². The Labute approximate surface area is 94.5 Å². The number of nitrogens with zero attached hydrogens (tertiary/aromatic N) is 2. The summed E-state index contributed by atoms with van der Waals surface area (Å²) in [5.74, 6) is -1.00. The topological polar surface area (TPSA) is 72.3 Å². The molecule has 1 unspecified atom stereocenters. The highest BCUT2D eigenvalue weighted by atomic mass is 16.5. The summed E-state index contributed by atoms with van der Waals surface area (Å²) in [6.45, 7) is 3.73. The molecule has 5 nitrogen and oxygen atoms in total. The van der Waals surface area contributed by atoms with E-state index in [1.165, 1.54) is 13.4 Å². The summed E-state index contributed by atoms with van der Waals surface area (Å²) in [6.07, 6.45) is 2.70. The molecule has 0 radical (unpaired) electrons. The fraction of sp³-hybridized carbons (Fsp3) is 0.545. The summed E-state index contributed by atoms with van der Waals surface area (Å²) in [4.78, 5) is 19.1. The van der Waals surface area contributed by atoms with Crippen LogP contribution in [0.15, 0.2) is 6.33 Å². The van der Waals surface area contributed by atoms with E-state index < -0.39 is 11.9 Å². The molecule has 1 heterocycles. The van der Waals surface area contributed by atoms with Crippen LogP contribution in [0.5, 0.6) is 5.88 Å². The van der Waals surface area contributed by atoms with Crippen molar-refractivity contribution in [3.63, 3.8) is 0 Å². The first kappa shape index (κ1) is 12.4. The van der Waals surface area contributed by atoms with Crippen molar-refractivity contribution in [3.8, 4) is 5.88 Å². The fourth-order valence-corrected chi connectivity index (χ4v) is 1.67. The predicted molar refractivity (Wildman–Crippen MR) is 58.6 cm³/mol. The molecule has 0 bridgehead atoms. The lowest BCUT2D eigenvalue weighted by molar-refractivity contribution is -0.139. The minimum Gasteiger partial charge on any atom is -0.481 e. The number of methoxy groups -OCH3 is 1. The zero-order chi connectivity index (χ0) is 12.1. The molecule has 5 heteroatoms. The maximum Gasteiger partial charge on any atom is 0.312 e. The molecule has 0 saturated carbocycles. The van der Waals surface area contributed by atoms with Crippen LogP contribution < -0.4 is 4.74 Å². The largest absolute Gasteiger partial charge is 0.481 e. The normalized spacial score (nSPS) is 12.2. The Balaban J connectivity index is 3.13. The molecule has 16 heavy (non-hydrogen) atoms. The molecule has 1 atom stereocenters. The summed E-state index contributed by atoms with van der Waals surface area (Å²) in [5, 5.41) is 9.14. The number of ether oxygens (including phenoxy) is 1. The van der Waals surface area contributed by atoms with E-state index in [4.69, 9.17) is 9.84 Å². The second-order valence-electron chi connectivity index (χ2n) is 3.57. The van der Waals surface area contributed by atoms with E-state index in [9.17, 15) is 4.79 Å². The molecule has 0 amide bonds. The number of carboxylic acids is 1. The fourth-order valence-electron chi connectivity index (χ4n) is 1.67. The highest BCUT2D eigenvalue weighted by Gasteiger charge is 2.23. The van der Waals surface area contributed by atoms with E-state index in [0.29, 0.717) is 23.6 Å². The van der Waals surface area contributed by atoms with E-state index in [0.717, 1.165) is 6.42 Å². The number of hydrogen-bond donors (Lipinski definition) is 1. The molecule has 1 aromatic rings. The summed E-state index contributed by atoms with van der Waals surface area (Å²) >= 11 is 0. The minimum atomic E-state index is -0.856. The average Bonchev–Trinajstić information content (AvgIpc) is 2.26. The first-order valence-corrected chi connectivity index (χ1v) is 5.20. The van der Waals surface area contributed by atoms with Crippen molar-refractivity contribution in [1.29, 1.82) is 0 Å². The van der Waals surface area contributed by atoms with E-state index in [-0.39, 0.29) is 0 Å². The van der Waals surface area contributed by atoms with Gasteiger partial charge in [-0.05, 0) is 13.3 Å². The number of hydrogen-bond acceptors (Lipinski definition) is 4. The zero-order valence-corrected chi connectivity index (χ0v) is 9.73. The minimum absolute atomic E-state index is 0.437. The second-order valence-corrected chi connectivity index (χ2v) is 3.57. The van der Waals surface area contributed by atoms with Gasteiger partial charge in [-0.25, -0.2) is 9.97 Å². The lowest BCUT2D eigenvalue weighted by Gasteiger charge is -2.14. The zero-order valence-electron chi connectivity index (χ0n) is 9.73. The Morgan fingerprint density at radius 1 is 1.56 bits per heavy atom. The second kappa shape index (κ2) is 5.44. The van der Waals surface area contributed by atoms with Gasteiger partial charge in [-0.3, -0.25) is 4.79 Å². The Morgan fingerprint density at radius 2 is 2.25 bits per heavy atom. The molecule has 88 valence electrons. The van der Waals surface area contributed by atoms with Gasteiger partial charge in [0.15, 0.2) is 0 Å². The third-order valence-electron chi connectivity index (χ3n) is 2.48. The molecule has 1 rings (SSSR count). The van der Waals surface area contributed by atoms with Gasteiger partial charge in [0, 0.05) is 5.56 Å². The van der Waals surface area contributed by atoms with E-state index >= 15 is 0 Å². The van der Waals surface area contributed by atoms with Crippen LogP contribution in [0.2, 0.25) is 0 Å². The number of carboxylic acid groups (broad SMARTS) is 1. The van der Waals surface area contributed by atoms with Crippen LogP contribution in [0.1, 0.15) is 36.9 Å². The van der Waals surface area contributed by atoms with Crippen LogP contribution >= 0.6 is 0 Å². The van der Waals surface area contributed by atoms with E-state index in [2.05, 4.69) is 9.97 Å². The molecule has 0 saturated heterocycles. The molecule has 0 aliphatic rings. The maximum absolute atomic E-state index is 11.1. The van der Waals surface area contributed by atoms with Gasteiger partial charge in [0.25, 0.3) is 0 Å². The summed E-state index contributed by atoms with van der Waals surface area (Å²) in [7, 11) is 1.51. The predicted octanol–water partition coefficient (Wildman–Crippen LogP) is 1.76. The van der Waals surface area contributed by atoms with Crippen molar-refractivity contribution in [3.05, 3.63) is 17.6 Å². The van der Waals surface area contributed by atoms with Crippen LogP contribution in [0.3, 0.4) is 0 Å². The average molecular weight is 224 g/mol. The number of aliphatic carboxylic acids is 1. The van der Waals surface area contributed by atoms with Gasteiger partial charge in [0.1, 0.15) is 6.33 Å². The lowest BCUT2D eigenvalue weighted by Crippen LogP contribution is -2.15. The number of carbonyl (C=O) groups is 1. The summed E-state index contributed by atoms with van der Waals surface area (Å²) in [6, 6.07) is 0. The SMILES string of the molecule is CCCC(C(=O)O)c1ncnc(OC)c1C. The molecular formula is C11H16N2O3. The molecule has 0 spiro atoms. The van der Waals surface area contributed by atoms with Gasteiger partial charge in [-0.15, -0.1) is 0 Å². The molecular weight excluding hydrogens is 208 g/mol. The van der Waals surface area contributed by atoms with Gasteiger partial charge < -0.3 is 9.84 Å². The molecule has 0 aromatic carbocycles. The third kappa shape index (κ3) is 2.48. The molecule has 0 aliphatic carbocycles. The first-order valence-electron chi connectivity index (χ1n) is 5.20.